The fourth-order valence-corrected chi connectivity index (χ4v) is 1.15. The molecule has 0 heterocycles. The van der Waals surface area contributed by atoms with Crippen LogP contribution in [-0.2, 0) is 14.5 Å². The summed E-state index contributed by atoms with van der Waals surface area (Å²) < 4.78 is 14.8. The molecular weight excluding hydrogens is 190 g/mol. The van der Waals surface area contributed by atoms with E-state index in [-0.39, 0.29) is 0 Å². The minimum Gasteiger partial charge on any atom is -0.383 e. The van der Waals surface area contributed by atoms with Gasteiger partial charge in [-0.2, -0.15) is 4.36 Å². The molecular formula is C8H17NO3S. The average molecular weight is 207 g/mol. The van der Waals surface area contributed by atoms with Crippen molar-refractivity contribution in [1.29, 1.82) is 0 Å². The number of amides is 1. The van der Waals surface area contributed by atoms with Crippen LogP contribution in [0, 0.1) is 0 Å². The van der Waals surface area contributed by atoms with Crippen molar-refractivity contribution < 1.29 is 14.1 Å². The third-order valence-electron chi connectivity index (χ3n) is 1.76. The van der Waals surface area contributed by atoms with Gasteiger partial charge in [0.1, 0.15) is 6.10 Å². The molecule has 0 aromatic heterocycles. The molecule has 0 spiro atoms. The lowest BCUT2D eigenvalue weighted by Crippen LogP contribution is -2.28. The number of rotatable bonds is 1. The van der Waals surface area contributed by atoms with Crippen LogP contribution in [0.5, 0.6) is 0 Å². The smallest absolute Gasteiger partial charge is 0.282 e. The second-order valence-electron chi connectivity index (χ2n) is 4.02. The summed E-state index contributed by atoms with van der Waals surface area (Å²) in [5.41, 5.74) is 0. The lowest BCUT2D eigenvalue weighted by Gasteiger charge is -2.20. The largest absolute Gasteiger partial charge is 0.383 e. The van der Waals surface area contributed by atoms with Gasteiger partial charge in [0.2, 0.25) is 0 Å². The first kappa shape index (κ1) is 12.6. The Balaban J connectivity index is 5.07. The molecule has 0 fully saturated rings. The zero-order chi connectivity index (χ0) is 10.9. The Bertz CT molecular complexity index is 306. The number of hydrogen-bond acceptors (Lipinski definition) is 3. The van der Waals surface area contributed by atoms with E-state index in [2.05, 4.69) is 4.36 Å². The van der Waals surface area contributed by atoms with Crippen molar-refractivity contribution in [3.63, 3.8) is 0 Å². The molecule has 0 aliphatic heterocycles. The third kappa shape index (κ3) is 3.44. The predicted molar refractivity (Wildman–Crippen MR) is 52.9 cm³/mol. The normalized spacial score (nSPS) is 18.9. The van der Waals surface area contributed by atoms with Crippen molar-refractivity contribution in [3.05, 3.63) is 0 Å². The summed E-state index contributed by atoms with van der Waals surface area (Å²) >= 11 is 0. The number of aliphatic hydroxyl groups excluding tert-OH is 1. The van der Waals surface area contributed by atoms with Crippen LogP contribution >= 0.6 is 0 Å². The first-order valence-electron chi connectivity index (χ1n) is 4.01. The second kappa shape index (κ2) is 3.75. The summed E-state index contributed by atoms with van der Waals surface area (Å²) in [6.07, 6.45) is 0.246. The predicted octanol–water partition coefficient (Wildman–Crippen LogP) is 0.790. The van der Waals surface area contributed by atoms with Crippen molar-refractivity contribution in [1.82, 2.24) is 0 Å². The van der Waals surface area contributed by atoms with E-state index in [0.717, 1.165) is 0 Å². The van der Waals surface area contributed by atoms with Crippen LogP contribution in [0.2, 0.25) is 0 Å². The molecule has 0 saturated heterocycles. The van der Waals surface area contributed by atoms with Gasteiger partial charge in [-0.1, -0.05) is 0 Å². The Morgan fingerprint density at radius 1 is 1.46 bits per heavy atom. The van der Waals surface area contributed by atoms with E-state index < -0.39 is 26.5 Å². The van der Waals surface area contributed by atoms with Crippen LogP contribution in [0.4, 0.5) is 0 Å². The van der Waals surface area contributed by atoms with Crippen molar-refractivity contribution in [2.75, 3.05) is 6.26 Å². The number of nitrogens with zero attached hydrogens (tertiary/aromatic N) is 1. The zero-order valence-electron chi connectivity index (χ0n) is 8.70. The van der Waals surface area contributed by atoms with E-state index in [4.69, 9.17) is 5.11 Å². The van der Waals surface area contributed by atoms with Crippen LogP contribution in [-0.4, -0.2) is 32.3 Å². The molecule has 0 saturated carbocycles. The van der Waals surface area contributed by atoms with Gasteiger partial charge in [0.15, 0.2) is 0 Å². The highest BCUT2D eigenvalue weighted by atomic mass is 32.2. The molecule has 78 valence electrons. The monoisotopic (exact) mass is 207 g/mol. The number of carbonyl (C=O) groups excluding carboxylic acids is 1. The molecule has 0 aliphatic carbocycles. The van der Waals surface area contributed by atoms with Gasteiger partial charge in [-0.25, -0.2) is 4.21 Å². The molecule has 0 aromatic carbocycles. The quantitative estimate of drug-likeness (QED) is 0.691. The average Bonchev–Trinajstić information content (AvgIpc) is 1.83. The molecule has 5 heteroatoms. The standard InChI is InChI=1S/C8H17NO3S/c1-6(10)7(11)9-13(5,12)8(2,3)4/h6,10H,1-5H3. The van der Waals surface area contributed by atoms with Crippen molar-refractivity contribution >= 4 is 15.6 Å². The van der Waals surface area contributed by atoms with Crippen molar-refractivity contribution in [2.45, 2.75) is 38.5 Å². The lowest BCUT2D eigenvalue weighted by molar-refractivity contribution is -0.124. The van der Waals surface area contributed by atoms with Gasteiger partial charge < -0.3 is 5.11 Å². The summed E-state index contributed by atoms with van der Waals surface area (Å²) in [5.74, 6) is -0.720. The first-order valence-corrected chi connectivity index (χ1v) is 5.94. The van der Waals surface area contributed by atoms with Crippen molar-refractivity contribution in [2.24, 2.45) is 4.36 Å². The van der Waals surface area contributed by atoms with Gasteiger partial charge in [-0.3, -0.25) is 4.79 Å². The van der Waals surface area contributed by atoms with E-state index >= 15 is 0 Å². The summed E-state index contributed by atoms with van der Waals surface area (Å²) in [7, 11) is -2.58. The summed E-state index contributed by atoms with van der Waals surface area (Å²) in [6, 6.07) is 0. The molecule has 0 aliphatic rings. The second-order valence-corrected chi connectivity index (χ2v) is 7.03. The molecule has 2 unspecified atom stereocenters. The van der Waals surface area contributed by atoms with Crippen LogP contribution in [0.25, 0.3) is 0 Å². The fraction of sp³-hybridized carbons (Fsp3) is 0.875. The maximum Gasteiger partial charge on any atom is 0.282 e. The van der Waals surface area contributed by atoms with Crippen molar-refractivity contribution in [3.8, 4) is 0 Å². The van der Waals surface area contributed by atoms with Gasteiger partial charge in [0.25, 0.3) is 5.91 Å². The van der Waals surface area contributed by atoms with Crippen LogP contribution in [0.15, 0.2) is 4.36 Å². The molecule has 2 atom stereocenters. The minimum atomic E-state index is -2.58. The van der Waals surface area contributed by atoms with Gasteiger partial charge in [0.05, 0.1) is 9.73 Å². The van der Waals surface area contributed by atoms with Gasteiger partial charge >= 0.3 is 0 Å². The molecule has 1 N–H and O–H groups in total. The Morgan fingerprint density at radius 2 is 1.85 bits per heavy atom. The van der Waals surface area contributed by atoms with Gasteiger partial charge in [-0.15, -0.1) is 0 Å². The van der Waals surface area contributed by atoms with E-state index in [1.807, 2.05) is 0 Å². The molecule has 0 radical (unpaired) electrons. The fourth-order valence-electron chi connectivity index (χ4n) is 0.385. The van der Waals surface area contributed by atoms with Gasteiger partial charge in [0, 0.05) is 11.0 Å². The molecule has 0 rings (SSSR count). The molecule has 13 heavy (non-hydrogen) atoms. The molecule has 4 nitrogen and oxygen atoms in total. The van der Waals surface area contributed by atoms with E-state index in [1.165, 1.54) is 13.2 Å². The number of hydrogen-bond donors (Lipinski definition) is 1. The number of aliphatic hydroxyl groups is 1. The molecule has 0 bridgehead atoms. The van der Waals surface area contributed by atoms with Crippen LogP contribution in [0.3, 0.4) is 0 Å². The molecule has 0 aromatic rings. The minimum absolute atomic E-state index is 0.558. The maximum absolute atomic E-state index is 11.8. The first-order chi connectivity index (χ1) is 5.58. The Hall–Kier alpha value is -0.420. The highest BCUT2D eigenvalue weighted by molar-refractivity contribution is 7.94. The summed E-state index contributed by atoms with van der Waals surface area (Å²) in [4.78, 5) is 11.0. The molecule has 1 amide bonds. The Morgan fingerprint density at radius 3 is 2.08 bits per heavy atom. The highest BCUT2D eigenvalue weighted by Gasteiger charge is 2.24. The highest BCUT2D eigenvalue weighted by Crippen LogP contribution is 2.16. The van der Waals surface area contributed by atoms with Crippen LogP contribution < -0.4 is 0 Å². The lowest BCUT2D eigenvalue weighted by atomic mass is 10.3. The van der Waals surface area contributed by atoms with E-state index in [1.54, 1.807) is 20.8 Å². The third-order valence-corrected chi connectivity index (χ3v) is 4.56. The SMILES string of the molecule is CC(O)C(=O)N=S(C)(=O)C(C)(C)C. The topological polar surface area (TPSA) is 66.7 Å². The number of carbonyl (C=O) groups is 1. The summed E-state index contributed by atoms with van der Waals surface area (Å²) in [5, 5.41) is 8.88. The van der Waals surface area contributed by atoms with E-state index in [0.29, 0.717) is 0 Å². The van der Waals surface area contributed by atoms with Crippen LogP contribution in [0.1, 0.15) is 27.7 Å². The Labute approximate surface area is 79.5 Å². The van der Waals surface area contributed by atoms with E-state index in [9.17, 15) is 9.00 Å². The Kier molecular flexibility index (Phi) is 3.63. The summed E-state index contributed by atoms with van der Waals surface area (Å²) in [6.45, 7) is 6.54. The maximum atomic E-state index is 11.8. The van der Waals surface area contributed by atoms with Gasteiger partial charge in [-0.05, 0) is 27.7 Å². The zero-order valence-corrected chi connectivity index (χ0v) is 9.51.